The summed E-state index contributed by atoms with van der Waals surface area (Å²) >= 11 is 0. The summed E-state index contributed by atoms with van der Waals surface area (Å²) in [6, 6.07) is 11.2. The molecule has 2 aliphatic rings. The largest absolute Gasteiger partial charge is 0.460 e. The average molecular weight is 556 g/mol. The third-order valence-electron chi connectivity index (χ3n) is 5.31. The predicted molar refractivity (Wildman–Crippen MR) is 135 cm³/mol. The predicted octanol–water partition coefficient (Wildman–Crippen LogP) is 3.30. The number of nitrogens with zero attached hydrogens (tertiary/aromatic N) is 2. The van der Waals surface area contributed by atoms with Crippen LogP contribution >= 0.6 is 12.4 Å². The van der Waals surface area contributed by atoms with Gasteiger partial charge in [0, 0.05) is 0 Å². The van der Waals surface area contributed by atoms with Crippen LogP contribution in [0.1, 0.15) is 38.3 Å². The van der Waals surface area contributed by atoms with E-state index >= 15 is 0 Å². The van der Waals surface area contributed by atoms with Gasteiger partial charge < -0.3 is 10.5 Å². The van der Waals surface area contributed by atoms with Crippen LogP contribution in [0, 0.1) is 17.6 Å². The summed E-state index contributed by atoms with van der Waals surface area (Å²) in [4.78, 5) is 45.7. The number of esters is 1. The monoisotopic (exact) mass is 555 g/mol. The number of carbonyl (C=O) groups excluding carboxylic acids is 3. The van der Waals surface area contributed by atoms with E-state index in [9.17, 15) is 23.2 Å². The quantitative estimate of drug-likeness (QED) is 0.544. The zero-order valence-corrected chi connectivity index (χ0v) is 22.2. The number of carbonyl (C=O) groups is 3. The molecule has 2 aliphatic heterocycles. The molecule has 2 aromatic carbocycles. The molecule has 0 saturated carbocycles. The Morgan fingerprint density at radius 2 is 1.34 bits per heavy atom. The summed E-state index contributed by atoms with van der Waals surface area (Å²) in [5, 5.41) is 2.42. The van der Waals surface area contributed by atoms with Crippen molar-refractivity contribution in [2.45, 2.75) is 51.9 Å². The van der Waals surface area contributed by atoms with Gasteiger partial charge in [0.05, 0.1) is 38.6 Å². The summed E-state index contributed by atoms with van der Waals surface area (Å²) in [5.74, 6) is -2.08. The van der Waals surface area contributed by atoms with Crippen LogP contribution in [-0.2, 0) is 41.9 Å². The molecule has 9 nitrogen and oxygen atoms in total. The minimum absolute atomic E-state index is 0. The molecule has 2 atom stereocenters. The van der Waals surface area contributed by atoms with Gasteiger partial charge in [-0.1, -0.05) is 24.3 Å². The molecule has 0 bridgehead atoms. The second kappa shape index (κ2) is 13.6. The zero-order valence-electron chi connectivity index (χ0n) is 21.4. The highest BCUT2D eigenvalue weighted by Gasteiger charge is 2.36. The van der Waals surface area contributed by atoms with Crippen LogP contribution in [0.2, 0.25) is 0 Å². The molecule has 12 heteroatoms. The Kier molecular flexibility index (Phi) is 11.1. The van der Waals surface area contributed by atoms with Gasteiger partial charge in [0.2, 0.25) is 0 Å². The van der Waals surface area contributed by atoms with Crippen molar-refractivity contribution in [3.05, 3.63) is 71.3 Å². The van der Waals surface area contributed by atoms with Crippen LogP contribution < -0.4 is 5.73 Å². The van der Waals surface area contributed by atoms with Crippen LogP contribution in [0.5, 0.6) is 0 Å². The van der Waals surface area contributed by atoms with Crippen molar-refractivity contribution < 1.29 is 37.6 Å². The fraction of sp³-hybridized carbons (Fsp3) is 0.423. The first-order valence-corrected chi connectivity index (χ1v) is 11.8. The Labute approximate surface area is 226 Å². The lowest BCUT2D eigenvalue weighted by Crippen LogP contribution is -2.34. The van der Waals surface area contributed by atoms with Crippen molar-refractivity contribution in [2.75, 3.05) is 13.2 Å². The number of hydroxylamine groups is 4. The molecule has 0 aromatic heterocycles. The molecule has 2 heterocycles. The first-order valence-electron chi connectivity index (χ1n) is 11.8. The first-order chi connectivity index (χ1) is 17.4. The van der Waals surface area contributed by atoms with E-state index in [1.165, 1.54) is 34.4 Å². The van der Waals surface area contributed by atoms with Crippen LogP contribution in [0.25, 0.3) is 0 Å². The van der Waals surface area contributed by atoms with E-state index in [4.69, 9.17) is 20.1 Å². The third kappa shape index (κ3) is 9.32. The standard InChI is InChI=1S/C16H20FNO4.C10H11FN2O2.ClH/c1-16(2,3)22-14(19)8-12-10-21-18(15(12)20)9-11-4-6-13(17)7-5-11;11-8-3-1-7(2-4-8)5-13-10(14)9(12)6-15-13;/h4-7,12H,8-10H2,1-3H3;1-4,9H,5-6,12H2;1H/t12-;9-;/m11./s1. The van der Waals surface area contributed by atoms with E-state index < -0.39 is 23.5 Å². The number of amides is 2. The van der Waals surface area contributed by atoms with Gasteiger partial charge in [-0.15, -0.1) is 12.4 Å². The molecule has 2 aromatic rings. The topological polar surface area (TPSA) is 111 Å². The van der Waals surface area contributed by atoms with Crippen LogP contribution in [0.3, 0.4) is 0 Å². The Morgan fingerprint density at radius 3 is 1.76 bits per heavy atom. The van der Waals surface area contributed by atoms with Crippen molar-refractivity contribution in [1.82, 2.24) is 10.1 Å². The molecule has 38 heavy (non-hydrogen) atoms. The summed E-state index contributed by atoms with van der Waals surface area (Å²) in [6.45, 7) is 6.21. The number of ether oxygens (including phenoxy) is 1. The van der Waals surface area contributed by atoms with Gasteiger partial charge in [0.15, 0.2) is 0 Å². The van der Waals surface area contributed by atoms with Gasteiger partial charge in [-0.2, -0.15) is 0 Å². The second-order valence-electron chi connectivity index (χ2n) is 9.69. The van der Waals surface area contributed by atoms with Crippen LogP contribution in [0.4, 0.5) is 8.78 Å². The van der Waals surface area contributed by atoms with E-state index in [1.54, 1.807) is 45.0 Å². The maximum absolute atomic E-state index is 12.9. The smallest absolute Gasteiger partial charge is 0.307 e. The molecule has 2 N–H and O–H groups in total. The molecule has 2 fully saturated rings. The fourth-order valence-electron chi connectivity index (χ4n) is 3.50. The molecular weight excluding hydrogens is 524 g/mol. The maximum Gasteiger partial charge on any atom is 0.307 e. The van der Waals surface area contributed by atoms with Crippen molar-refractivity contribution in [2.24, 2.45) is 11.7 Å². The summed E-state index contributed by atoms with van der Waals surface area (Å²) in [6.07, 6.45) is -0.00395. The van der Waals surface area contributed by atoms with Crippen LogP contribution in [-0.4, -0.2) is 52.8 Å². The lowest BCUT2D eigenvalue weighted by atomic mass is 10.1. The maximum atomic E-state index is 12.9. The van der Waals surface area contributed by atoms with Gasteiger partial charge in [0.1, 0.15) is 23.3 Å². The van der Waals surface area contributed by atoms with Crippen molar-refractivity contribution in [3.63, 3.8) is 0 Å². The summed E-state index contributed by atoms with van der Waals surface area (Å²) < 4.78 is 30.7. The number of hydrogen-bond donors (Lipinski definition) is 1. The third-order valence-corrected chi connectivity index (χ3v) is 5.31. The molecule has 4 rings (SSSR count). The van der Waals surface area contributed by atoms with E-state index in [0.29, 0.717) is 6.54 Å². The second-order valence-corrected chi connectivity index (χ2v) is 9.69. The van der Waals surface area contributed by atoms with Crippen molar-refractivity contribution in [3.8, 4) is 0 Å². The van der Waals surface area contributed by atoms with Gasteiger partial charge in [-0.25, -0.2) is 18.9 Å². The summed E-state index contributed by atoms with van der Waals surface area (Å²) in [7, 11) is 0. The SMILES string of the molecule is CC(C)(C)OC(=O)C[C@@H]1CON(Cc2ccc(F)cc2)C1=O.Cl.N[C@@H]1CON(Cc2ccc(F)cc2)C1=O. The average Bonchev–Trinajstić information content (AvgIpc) is 3.32. The van der Waals surface area contributed by atoms with Gasteiger partial charge in [-0.3, -0.25) is 24.1 Å². The summed E-state index contributed by atoms with van der Waals surface area (Å²) in [5.41, 5.74) is 6.46. The molecule has 2 saturated heterocycles. The fourth-order valence-corrected chi connectivity index (χ4v) is 3.50. The Balaban J connectivity index is 0.000000277. The van der Waals surface area contributed by atoms with E-state index in [2.05, 4.69) is 0 Å². The number of rotatable bonds is 6. The highest BCUT2D eigenvalue weighted by Crippen LogP contribution is 2.22. The molecule has 0 radical (unpaired) electrons. The highest BCUT2D eigenvalue weighted by molar-refractivity contribution is 5.85. The van der Waals surface area contributed by atoms with Crippen LogP contribution in [0.15, 0.2) is 48.5 Å². The zero-order chi connectivity index (χ0) is 27.2. The number of halogens is 3. The first kappa shape index (κ1) is 31.1. The molecular formula is C26H32ClF2N3O6. The van der Waals surface area contributed by atoms with E-state index in [0.717, 1.165) is 11.1 Å². The number of nitrogens with two attached hydrogens (primary N) is 1. The Morgan fingerprint density at radius 1 is 0.895 bits per heavy atom. The number of hydrogen-bond acceptors (Lipinski definition) is 7. The minimum Gasteiger partial charge on any atom is -0.460 e. The lowest BCUT2D eigenvalue weighted by molar-refractivity contribution is -0.165. The molecule has 208 valence electrons. The molecule has 2 amide bonds. The minimum atomic E-state index is -0.578. The number of benzene rings is 2. The Hall–Kier alpha value is -3.12. The molecule has 0 spiro atoms. The van der Waals surface area contributed by atoms with Crippen molar-refractivity contribution >= 4 is 30.2 Å². The molecule has 0 aliphatic carbocycles. The normalized spacial score (nSPS) is 19.1. The molecule has 0 unspecified atom stereocenters. The lowest BCUT2D eigenvalue weighted by Gasteiger charge is -2.20. The van der Waals surface area contributed by atoms with Crippen molar-refractivity contribution in [1.29, 1.82) is 0 Å². The Bertz CT molecular complexity index is 1100. The van der Waals surface area contributed by atoms with E-state index in [1.807, 2.05) is 0 Å². The van der Waals surface area contributed by atoms with Gasteiger partial charge in [-0.05, 0) is 56.2 Å². The highest BCUT2D eigenvalue weighted by atomic mass is 35.5. The van der Waals surface area contributed by atoms with Gasteiger partial charge in [0.25, 0.3) is 11.8 Å². The van der Waals surface area contributed by atoms with Gasteiger partial charge >= 0.3 is 5.97 Å². The van der Waals surface area contributed by atoms with E-state index in [-0.39, 0.29) is 62.0 Å².